The molecule has 1 heterocycles. The van der Waals surface area contributed by atoms with Gasteiger partial charge in [-0.3, -0.25) is 9.79 Å². The number of hydrogen-bond donors (Lipinski definition) is 2. The minimum absolute atomic E-state index is 0.0143. The number of hydrogen-bond acceptors (Lipinski definition) is 3. The summed E-state index contributed by atoms with van der Waals surface area (Å²) in [5, 5.41) is 6.76. The van der Waals surface area contributed by atoms with Crippen LogP contribution in [0.25, 0.3) is 0 Å². The quantitative estimate of drug-likeness (QED) is 0.551. The fourth-order valence-electron chi connectivity index (χ4n) is 3.82. The number of benzene rings is 2. The van der Waals surface area contributed by atoms with Crippen LogP contribution in [0.15, 0.2) is 53.5 Å². The van der Waals surface area contributed by atoms with Crippen LogP contribution in [0.3, 0.4) is 0 Å². The highest BCUT2D eigenvalue weighted by atomic mass is 19.1. The van der Waals surface area contributed by atoms with E-state index in [2.05, 4.69) is 15.6 Å². The lowest BCUT2D eigenvalue weighted by Crippen LogP contribution is -2.47. The lowest BCUT2D eigenvalue weighted by Gasteiger charge is -2.38. The van der Waals surface area contributed by atoms with Gasteiger partial charge in [-0.2, -0.15) is 0 Å². The molecule has 0 unspecified atom stereocenters. The smallest absolute Gasteiger partial charge is 0.253 e. The third-order valence-corrected chi connectivity index (χ3v) is 5.79. The molecule has 0 saturated carbocycles. The first-order valence-corrected chi connectivity index (χ1v) is 10.5. The summed E-state index contributed by atoms with van der Waals surface area (Å²) in [4.78, 5) is 17.9. The van der Waals surface area contributed by atoms with Gasteiger partial charge in [0.2, 0.25) is 0 Å². The highest BCUT2D eigenvalue weighted by Gasteiger charge is 2.34. The largest absolute Gasteiger partial charge is 0.381 e. The monoisotopic (exact) mass is 426 g/mol. The lowest BCUT2D eigenvalue weighted by molar-refractivity contribution is 0.0513. The number of aliphatic imine (C=N–C) groups is 1. The summed E-state index contributed by atoms with van der Waals surface area (Å²) in [7, 11) is 5.22. The first-order valence-electron chi connectivity index (χ1n) is 10.5. The van der Waals surface area contributed by atoms with Crippen molar-refractivity contribution >= 4 is 11.9 Å². The number of guanidine groups is 1. The minimum Gasteiger partial charge on any atom is -0.381 e. The Morgan fingerprint density at radius 1 is 1.06 bits per heavy atom. The first kappa shape index (κ1) is 22.7. The Kier molecular flexibility index (Phi) is 7.63. The van der Waals surface area contributed by atoms with Crippen molar-refractivity contribution in [2.24, 2.45) is 4.99 Å². The number of nitrogens with zero attached hydrogens (tertiary/aromatic N) is 2. The zero-order chi connectivity index (χ0) is 22.3. The van der Waals surface area contributed by atoms with E-state index in [1.165, 1.54) is 12.1 Å². The van der Waals surface area contributed by atoms with Crippen molar-refractivity contribution < 1.29 is 13.9 Å². The standard InChI is InChI=1S/C24H31FN4O2/c1-26-23(27-16-18-4-6-19(7-5-18)22(30)29(2)3)28-17-24(12-14-31-15-13-24)20-8-10-21(25)11-9-20/h4-11H,12-17H2,1-3H3,(H2,26,27,28). The fraction of sp³-hybridized carbons (Fsp3) is 0.417. The van der Waals surface area contributed by atoms with Crippen LogP contribution in [0.1, 0.15) is 34.3 Å². The zero-order valence-corrected chi connectivity index (χ0v) is 18.5. The summed E-state index contributed by atoms with van der Waals surface area (Å²) < 4.78 is 19.0. The van der Waals surface area contributed by atoms with Crippen LogP contribution < -0.4 is 10.6 Å². The molecule has 166 valence electrons. The topological polar surface area (TPSA) is 66.0 Å². The second kappa shape index (κ2) is 10.4. The zero-order valence-electron chi connectivity index (χ0n) is 18.5. The van der Waals surface area contributed by atoms with Crippen LogP contribution in [-0.4, -0.2) is 57.7 Å². The van der Waals surface area contributed by atoms with Crippen molar-refractivity contribution in [3.05, 3.63) is 71.0 Å². The van der Waals surface area contributed by atoms with Gasteiger partial charge >= 0.3 is 0 Å². The molecule has 1 amide bonds. The van der Waals surface area contributed by atoms with Gasteiger partial charge in [0.1, 0.15) is 5.82 Å². The Morgan fingerprint density at radius 3 is 2.29 bits per heavy atom. The molecule has 2 aromatic carbocycles. The molecule has 6 nitrogen and oxygen atoms in total. The summed E-state index contributed by atoms with van der Waals surface area (Å²) in [6, 6.07) is 14.3. The number of rotatable bonds is 6. The van der Waals surface area contributed by atoms with E-state index in [1.807, 2.05) is 36.4 Å². The van der Waals surface area contributed by atoms with Crippen molar-refractivity contribution in [2.75, 3.05) is 40.9 Å². The molecule has 1 fully saturated rings. The molecule has 7 heteroatoms. The van der Waals surface area contributed by atoms with E-state index >= 15 is 0 Å². The van der Waals surface area contributed by atoms with Crippen molar-refractivity contribution in [3.8, 4) is 0 Å². The second-order valence-electron chi connectivity index (χ2n) is 8.08. The summed E-state index contributed by atoms with van der Waals surface area (Å²) >= 11 is 0. The van der Waals surface area contributed by atoms with Gasteiger partial charge in [0.05, 0.1) is 0 Å². The minimum atomic E-state index is -0.227. The Balaban J connectivity index is 1.61. The normalized spacial score (nSPS) is 15.9. The van der Waals surface area contributed by atoms with Crippen molar-refractivity contribution in [3.63, 3.8) is 0 Å². The third-order valence-electron chi connectivity index (χ3n) is 5.79. The van der Waals surface area contributed by atoms with E-state index in [-0.39, 0.29) is 17.1 Å². The number of carbonyl (C=O) groups is 1. The van der Waals surface area contributed by atoms with Gasteiger partial charge in [0, 0.05) is 58.4 Å². The fourth-order valence-corrected chi connectivity index (χ4v) is 3.82. The predicted molar refractivity (Wildman–Crippen MR) is 121 cm³/mol. The molecule has 31 heavy (non-hydrogen) atoms. The number of amides is 1. The van der Waals surface area contributed by atoms with E-state index in [9.17, 15) is 9.18 Å². The highest BCUT2D eigenvalue weighted by Crippen LogP contribution is 2.34. The molecular formula is C24H31FN4O2. The lowest BCUT2D eigenvalue weighted by atomic mass is 9.74. The summed E-state index contributed by atoms with van der Waals surface area (Å²) in [5.74, 6) is 0.454. The van der Waals surface area contributed by atoms with Gasteiger partial charge in [-0.15, -0.1) is 0 Å². The predicted octanol–water partition coefficient (Wildman–Crippen LogP) is 2.94. The van der Waals surface area contributed by atoms with Gasteiger partial charge in [-0.05, 0) is 48.2 Å². The van der Waals surface area contributed by atoms with E-state index in [0.717, 1.165) is 24.0 Å². The average molecular weight is 427 g/mol. The number of carbonyl (C=O) groups excluding carboxylic acids is 1. The van der Waals surface area contributed by atoms with Crippen LogP contribution >= 0.6 is 0 Å². The molecule has 0 aromatic heterocycles. The molecule has 0 atom stereocenters. The average Bonchev–Trinajstić information content (AvgIpc) is 2.80. The SMILES string of the molecule is CN=C(NCc1ccc(C(=O)N(C)C)cc1)NCC1(c2ccc(F)cc2)CCOCC1. The maximum Gasteiger partial charge on any atom is 0.253 e. The molecule has 0 bridgehead atoms. The maximum atomic E-state index is 13.4. The molecule has 0 spiro atoms. The molecule has 2 aromatic rings. The van der Waals surface area contributed by atoms with Crippen LogP contribution in [-0.2, 0) is 16.7 Å². The molecule has 1 aliphatic rings. The second-order valence-corrected chi connectivity index (χ2v) is 8.08. The Hall–Kier alpha value is -2.93. The first-order chi connectivity index (χ1) is 14.9. The number of ether oxygens (including phenoxy) is 1. The van der Waals surface area contributed by atoms with Crippen LogP contribution in [0.5, 0.6) is 0 Å². The number of nitrogens with one attached hydrogen (secondary N) is 2. The Bertz CT molecular complexity index is 889. The van der Waals surface area contributed by atoms with Gasteiger partial charge in [0.25, 0.3) is 5.91 Å². The van der Waals surface area contributed by atoms with Crippen LogP contribution in [0, 0.1) is 5.82 Å². The van der Waals surface area contributed by atoms with Crippen molar-refractivity contribution in [1.82, 2.24) is 15.5 Å². The summed E-state index contributed by atoms with van der Waals surface area (Å²) in [6.07, 6.45) is 1.73. The number of halogens is 1. The molecule has 1 aliphatic heterocycles. The van der Waals surface area contributed by atoms with Gasteiger partial charge in [0.15, 0.2) is 5.96 Å². The highest BCUT2D eigenvalue weighted by molar-refractivity contribution is 5.93. The molecule has 0 radical (unpaired) electrons. The molecule has 3 rings (SSSR count). The van der Waals surface area contributed by atoms with E-state index in [0.29, 0.717) is 37.8 Å². The summed E-state index contributed by atoms with van der Waals surface area (Å²) in [6.45, 7) is 2.63. The van der Waals surface area contributed by atoms with E-state index in [4.69, 9.17) is 4.74 Å². The maximum absolute atomic E-state index is 13.4. The van der Waals surface area contributed by atoms with Crippen molar-refractivity contribution in [1.29, 1.82) is 0 Å². The molecular weight excluding hydrogens is 395 g/mol. The van der Waals surface area contributed by atoms with Crippen LogP contribution in [0.4, 0.5) is 4.39 Å². The van der Waals surface area contributed by atoms with Gasteiger partial charge in [-0.1, -0.05) is 24.3 Å². The Labute approximate surface area is 183 Å². The van der Waals surface area contributed by atoms with Gasteiger partial charge in [-0.25, -0.2) is 4.39 Å². The molecule has 2 N–H and O–H groups in total. The van der Waals surface area contributed by atoms with Gasteiger partial charge < -0.3 is 20.3 Å². The Morgan fingerprint density at radius 2 is 1.71 bits per heavy atom. The summed E-state index contributed by atoms with van der Waals surface area (Å²) in [5.41, 5.74) is 2.70. The third kappa shape index (κ3) is 5.82. The van der Waals surface area contributed by atoms with Crippen molar-refractivity contribution in [2.45, 2.75) is 24.8 Å². The van der Waals surface area contributed by atoms with E-state index in [1.54, 1.807) is 26.0 Å². The molecule has 1 saturated heterocycles. The molecule has 0 aliphatic carbocycles. The van der Waals surface area contributed by atoms with E-state index < -0.39 is 0 Å². The van der Waals surface area contributed by atoms with Crippen LogP contribution in [0.2, 0.25) is 0 Å².